The molecule has 0 fully saturated rings. The highest BCUT2D eigenvalue weighted by atomic mass is 35.5. The fourth-order valence-corrected chi connectivity index (χ4v) is 7.80. The van der Waals surface area contributed by atoms with Crippen LogP contribution in [0.4, 0.5) is 17.1 Å². The lowest BCUT2D eigenvalue weighted by atomic mass is 9.81. The van der Waals surface area contributed by atoms with E-state index in [0.29, 0.717) is 0 Å². The SMILES string of the molecule is CC1(C)c2ccccc2-c2ccc(-c3ccc(N(c4ccc(Cl)cc4)c4ccc5c6ccccc6n(-c6ccccc6)c5c4)cc3)cc21. The zero-order valence-corrected chi connectivity index (χ0v) is 27.6. The van der Waals surface area contributed by atoms with Crippen LogP contribution in [0.15, 0.2) is 164 Å². The Morgan fingerprint density at radius 3 is 1.88 bits per heavy atom. The van der Waals surface area contributed by atoms with E-state index in [4.69, 9.17) is 11.6 Å². The van der Waals surface area contributed by atoms with Crippen molar-refractivity contribution in [1.82, 2.24) is 4.57 Å². The normalized spacial score (nSPS) is 13.1. The second-order valence-electron chi connectivity index (χ2n) is 13.2. The van der Waals surface area contributed by atoms with Crippen LogP contribution in [0.25, 0.3) is 49.7 Å². The number of fused-ring (bicyclic) bond motifs is 6. The van der Waals surface area contributed by atoms with Gasteiger partial charge in [0.15, 0.2) is 0 Å². The number of rotatable bonds is 5. The van der Waals surface area contributed by atoms with Gasteiger partial charge in [-0.25, -0.2) is 0 Å². The highest BCUT2D eigenvalue weighted by molar-refractivity contribution is 6.30. The van der Waals surface area contributed by atoms with Crippen molar-refractivity contribution in [1.29, 1.82) is 0 Å². The molecule has 0 saturated carbocycles. The molecule has 1 aliphatic carbocycles. The number of nitrogens with zero attached hydrogens (tertiary/aromatic N) is 2. The lowest BCUT2D eigenvalue weighted by Crippen LogP contribution is -2.14. The molecule has 1 aliphatic rings. The van der Waals surface area contributed by atoms with Crippen LogP contribution in [-0.4, -0.2) is 4.57 Å². The topological polar surface area (TPSA) is 8.17 Å². The first-order valence-electron chi connectivity index (χ1n) is 16.5. The Labute approximate surface area is 286 Å². The van der Waals surface area contributed by atoms with Gasteiger partial charge < -0.3 is 9.47 Å². The van der Waals surface area contributed by atoms with E-state index < -0.39 is 0 Å². The molecule has 0 N–H and O–H groups in total. The molecule has 2 nitrogen and oxygen atoms in total. The van der Waals surface area contributed by atoms with Crippen LogP contribution in [-0.2, 0) is 5.41 Å². The standard InChI is InChI=1S/C45H33ClN2/c1-45(2)41-14-8-6-12-37(41)38-26-18-31(28-42(38)45)30-16-21-34(22-17-30)47(35-23-19-32(46)20-24-35)36-25-27-40-39-13-7-9-15-43(39)48(44(40)29-36)33-10-4-3-5-11-33/h3-29H,1-2H3. The molecule has 0 radical (unpaired) electrons. The highest BCUT2D eigenvalue weighted by Crippen LogP contribution is 2.49. The van der Waals surface area contributed by atoms with Gasteiger partial charge in [-0.2, -0.15) is 0 Å². The Balaban J connectivity index is 1.16. The van der Waals surface area contributed by atoms with E-state index in [2.05, 4.69) is 175 Å². The summed E-state index contributed by atoms with van der Waals surface area (Å²) in [7, 11) is 0. The van der Waals surface area contributed by atoms with Gasteiger partial charge in [-0.3, -0.25) is 0 Å². The maximum atomic E-state index is 6.38. The molecule has 8 aromatic rings. The van der Waals surface area contributed by atoms with Crippen molar-refractivity contribution < 1.29 is 0 Å². The largest absolute Gasteiger partial charge is 0.310 e. The number of hydrogen-bond donors (Lipinski definition) is 0. The molecule has 1 heterocycles. The molecule has 3 heteroatoms. The average Bonchev–Trinajstić information content (AvgIpc) is 3.58. The summed E-state index contributed by atoms with van der Waals surface area (Å²) in [4.78, 5) is 2.31. The minimum atomic E-state index is -0.0336. The summed E-state index contributed by atoms with van der Waals surface area (Å²) >= 11 is 6.38. The van der Waals surface area contributed by atoms with E-state index in [-0.39, 0.29) is 5.41 Å². The first-order valence-corrected chi connectivity index (χ1v) is 16.8. The molecule has 0 aliphatic heterocycles. The van der Waals surface area contributed by atoms with Crippen molar-refractivity contribution >= 4 is 50.5 Å². The van der Waals surface area contributed by atoms with Crippen LogP contribution in [0.5, 0.6) is 0 Å². The van der Waals surface area contributed by atoms with Gasteiger partial charge in [-0.05, 0) is 106 Å². The van der Waals surface area contributed by atoms with Gasteiger partial charge in [-0.1, -0.05) is 116 Å². The minimum Gasteiger partial charge on any atom is -0.310 e. The Morgan fingerprint density at radius 1 is 0.479 bits per heavy atom. The van der Waals surface area contributed by atoms with E-state index in [1.807, 2.05) is 12.1 Å². The van der Waals surface area contributed by atoms with E-state index in [0.717, 1.165) is 33.3 Å². The lowest BCUT2D eigenvalue weighted by molar-refractivity contribution is 0.660. The molecule has 0 atom stereocenters. The van der Waals surface area contributed by atoms with Gasteiger partial charge in [0, 0.05) is 44.0 Å². The minimum absolute atomic E-state index is 0.0336. The van der Waals surface area contributed by atoms with Crippen LogP contribution in [0.2, 0.25) is 5.02 Å². The number of anilines is 3. The van der Waals surface area contributed by atoms with Crippen molar-refractivity contribution in [2.75, 3.05) is 4.90 Å². The molecule has 0 unspecified atom stereocenters. The zero-order chi connectivity index (χ0) is 32.4. The van der Waals surface area contributed by atoms with E-state index in [1.165, 1.54) is 49.7 Å². The van der Waals surface area contributed by atoms with E-state index >= 15 is 0 Å². The average molecular weight is 637 g/mol. The highest BCUT2D eigenvalue weighted by Gasteiger charge is 2.35. The second kappa shape index (κ2) is 11.0. The Morgan fingerprint density at radius 2 is 1.08 bits per heavy atom. The third-order valence-corrected chi connectivity index (χ3v) is 10.3. The molecule has 0 spiro atoms. The van der Waals surface area contributed by atoms with E-state index in [9.17, 15) is 0 Å². The Bertz CT molecular complexity index is 2470. The fourth-order valence-electron chi connectivity index (χ4n) is 7.68. The first kappa shape index (κ1) is 28.6. The van der Waals surface area contributed by atoms with Gasteiger partial charge in [0.25, 0.3) is 0 Å². The molecule has 9 rings (SSSR count). The van der Waals surface area contributed by atoms with E-state index in [1.54, 1.807) is 0 Å². The predicted octanol–water partition coefficient (Wildman–Crippen LogP) is 12.9. The molecule has 48 heavy (non-hydrogen) atoms. The fraction of sp³-hybridized carbons (Fsp3) is 0.0667. The number of halogens is 1. The molecular formula is C45H33ClN2. The summed E-state index contributed by atoms with van der Waals surface area (Å²) in [5.41, 5.74) is 14.6. The zero-order valence-electron chi connectivity index (χ0n) is 26.9. The van der Waals surface area contributed by atoms with Crippen molar-refractivity contribution in [2.24, 2.45) is 0 Å². The summed E-state index contributed by atoms with van der Waals surface area (Å²) in [6.45, 7) is 4.67. The predicted molar refractivity (Wildman–Crippen MR) is 203 cm³/mol. The van der Waals surface area contributed by atoms with Crippen molar-refractivity contribution in [3.63, 3.8) is 0 Å². The third-order valence-electron chi connectivity index (χ3n) is 10.1. The molecule has 0 saturated heterocycles. The number of hydrogen-bond acceptors (Lipinski definition) is 1. The van der Waals surface area contributed by atoms with Gasteiger partial charge in [0.1, 0.15) is 0 Å². The summed E-state index contributed by atoms with van der Waals surface area (Å²) in [6.07, 6.45) is 0. The van der Waals surface area contributed by atoms with Gasteiger partial charge in [0.2, 0.25) is 0 Å². The number of aromatic nitrogens is 1. The quantitative estimate of drug-likeness (QED) is 0.182. The summed E-state index contributed by atoms with van der Waals surface area (Å²) in [5.74, 6) is 0. The molecule has 230 valence electrons. The van der Waals surface area contributed by atoms with Gasteiger partial charge in [0.05, 0.1) is 11.0 Å². The van der Waals surface area contributed by atoms with Crippen molar-refractivity contribution in [3.8, 4) is 27.9 Å². The summed E-state index contributed by atoms with van der Waals surface area (Å²) in [5, 5.41) is 3.19. The van der Waals surface area contributed by atoms with Gasteiger partial charge >= 0.3 is 0 Å². The number of para-hydroxylation sites is 2. The lowest BCUT2D eigenvalue weighted by Gasteiger charge is -2.26. The molecular weight excluding hydrogens is 604 g/mol. The van der Waals surface area contributed by atoms with Crippen molar-refractivity contribution in [2.45, 2.75) is 19.3 Å². The molecule has 7 aromatic carbocycles. The Hall–Kier alpha value is -5.57. The maximum absolute atomic E-state index is 6.38. The van der Waals surface area contributed by atoms with Crippen LogP contribution >= 0.6 is 11.6 Å². The van der Waals surface area contributed by atoms with Crippen LogP contribution < -0.4 is 4.90 Å². The Kier molecular flexibility index (Phi) is 6.57. The van der Waals surface area contributed by atoms with Crippen LogP contribution in [0.3, 0.4) is 0 Å². The van der Waals surface area contributed by atoms with Crippen LogP contribution in [0, 0.1) is 0 Å². The summed E-state index contributed by atoms with van der Waals surface area (Å²) in [6, 6.07) is 58.9. The van der Waals surface area contributed by atoms with Crippen LogP contribution in [0.1, 0.15) is 25.0 Å². The molecule has 1 aromatic heterocycles. The van der Waals surface area contributed by atoms with Gasteiger partial charge in [-0.15, -0.1) is 0 Å². The number of benzene rings is 7. The monoisotopic (exact) mass is 636 g/mol. The molecule has 0 amide bonds. The smallest absolute Gasteiger partial charge is 0.0561 e. The second-order valence-corrected chi connectivity index (χ2v) is 13.6. The third kappa shape index (κ3) is 4.48. The first-order chi connectivity index (χ1) is 23.5. The summed E-state index contributed by atoms with van der Waals surface area (Å²) < 4.78 is 2.37. The maximum Gasteiger partial charge on any atom is 0.0561 e. The van der Waals surface area contributed by atoms with Crippen molar-refractivity contribution in [3.05, 3.63) is 180 Å². The molecule has 0 bridgehead atoms.